The minimum absolute atomic E-state index is 0.244. The van der Waals surface area contributed by atoms with Crippen LogP contribution in [-0.2, 0) is 11.0 Å². The molecule has 0 unspecified atom stereocenters. The molecule has 0 radical (unpaired) electrons. The summed E-state index contributed by atoms with van der Waals surface area (Å²) in [7, 11) is 0. The lowest BCUT2D eigenvalue weighted by atomic mass is 10.0. The van der Waals surface area contributed by atoms with Gasteiger partial charge in [0.2, 0.25) is 5.82 Å². The molecule has 0 saturated heterocycles. The van der Waals surface area contributed by atoms with E-state index in [0.717, 1.165) is 6.42 Å². The van der Waals surface area contributed by atoms with Crippen molar-refractivity contribution in [2.24, 2.45) is 5.92 Å². The Morgan fingerprint density at radius 3 is 2.46 bits per heavy atom. The van der Waals surface area contributed by atoms with Crippen molar-refractivity contribution in [1.82, 2.24) is 15.5 Å². The predicted molar refractivity (Wildman–Crippen MR) is 81.0 cm³/mol. The molecule has 1 aliphatic rings. The van der Waals surface area contributed by atoms with Crippen LogP contribution in [0.25, 0.3) is 11.4 Å². The predicted octanol–water partition coefficient (Wildman–Crippen LogP) is 2.74. The number of alkyl halides is 3. The molecule has 10 heteroatoms. The third-order valence-corrected chi connectivity index (χ3v) is 4.22. The van der Waals surface area contributed by atoms with Crippen LogP contribution in [0.15, 0.2) is 28.8 Å². The number of hydrogen-bond acceptors (Lipinski definition) is 5. The maximum absolute atomic E-state index is 12.5. The summed E-state index contributed by atoms with van der Waals surface area (Å²) in [6.45, 7) is 0. The normalized spacial score (nSPS) is 20.1. The number of hydrogen-bond donors (Lipinski definition) is 2. The van der Waals surface area contributed by atoms with E-state index in [1.165, 1.54) is 24.3 Å². The van der Waals surface area contributed by atoms with Crippen LogP contribution < -0.4 is 5.32 Å². The summed E-state index contributed by atoms with van der Waals surface area (Å²) < 4.78 is 41.6. The Morgan fingerprint density at radius 1 is 1.19 bits per heavy atom. The first kappa shape index (κ1) is 17.9. The van der Waals surface area contributed by atoms with Gasteiger partial charge >= 0.3 is 18.0 Å². The van der Waals surface area contributed by atoms with Crippen molar-refractivity contribution < 1.29 is 32.4 Å². The fourth-order valence-electron chi connectivity index (χ4n) is 2.91. The Balaban J connectivity index is 1.70. The molecule has 0 bridgehead atoms. The molecule has 1 aromatic carbocycles. The van der Waals surface area contributed by atoms with Crippen molar-refractivity contribution in [2.75, 3.05) is 0 Å². The number of halogens is 3. The molecule has 1 saturated carbocycles. The van der Waals surface area contributed by atoms with Gasteiger partial charge in [0, 0.05) is 17.2 Å². The van der Waals surface area contributed by atoms with Gasteiger partial charge < -0.3 is 14.9 Å². The van der Waals surface area contributed by atoms with Crippen molar-refractivity contribution >= 4 is 11.9 Å². The van der Waals surface area contributed by atoms with Crippen LogP contribution in [0.3, 0.4) is 0 Å². The quantitative estimate of drug-likeness (QED) is 0.859. The minimum Gasteiger partial charge on any atom is -0.481 e. The van der Waals surface area contributed by atoms with Crippen LogP contribution in [-0.4, -0.2) is 33.2 Å². The SMILES string of the molecule is O=C(N[C@H]1CCC[C@H]1C(=O)O)c1ccc(-c2noc(C(F)(F)F)n2)cc1. The first-order valence-electron chi connectivity index (χ1n) is 7.80. The van der Waals surface area contributed by atoms with Crippen LogP contribution in [0.1, 0.15) is 35.5 Å². The van der Waals surface area contributed by atoms with Crippen molar-refractivity contribution in [3.8, 4) is 11.4 Å². The summed E-state index contributed by atoms with van der Waals surface area (Å²) in [5.74, 6) is -3.70. The number of carbonyl (C=O) groups is 2. The molecule has 138 valence electrons. The highest BCUT2D eigenvalue weighted by Gasteiger charge is 2.38. The molecule has 3 rings (SSSR count). The van der Waals surface area contributed by atoms with Gasteiger partial charge in [-0.2, -0.15) is 18.2 Å². The van der Waals surface area contributed by atoms with E-state index in [4.69, 9.17) is 5.11 Å². The number of carboxylic acids is 1. The van der Waals surface area contributed by atoms with Crippen LogP contribution in [0.5, 0.6) is 0 Å². The van der Waals surface area contributed by atoms with Gasteiger partial charge in [-0.05, 0) is 25.0 Å². The number of rotatable bonds is 4. The minimum atomic E-state index is -4.73. The molecule has 2 N–H and O–H groups in total. The zero-order valence-corrected chi connectivity index (χ0v) is 13.3. The number of benzene rings is 1. The highest BCUT2D eigenvalue weighted by atomic mass is 19.4. The molecule has 26 heavy (non-hydrogen) atoms. The monoisotopic (exact) mass is 369 g/mol. The summed E-state index contributed by atoms with van der Waals surface area (Å²) in [6.07, 6.45) is -2.91. The van der Waals surface area contributed by atoms with Crippen molar-refractivity contribution in [2.45, 2.75) is 31.5 Å². The topological polar surface area (TPSA) is 105 Å². The Bertz CT molecular complexity index is 817. The van der Waals surface area contributed by atoms with Gasteiger partial charge in [0.1, 0.15) is 0 Å². The molecule has 1 fully saturated rings. The number of aromatic nitrogens is 2. The summed E-state index contributed by atoms with van der Waals surface area (Å²) >= 11 is 0. The molecule has 1 aliphatic carbocycles. The van der Waals surface area contributed by atoms with Gasteiger partial charge in [-0.15, -0.1) is 0 Å². The van der Waals surface area contributed by atoms with Crippen molar-refractivity contribution in [3.05, 3.63) is 35.7 Å². The zero-order valence-electron chi connectivity index (χ0n) is 13.3. The molecular weight excluding hydrogens is 355 g/mol. The second-order valence-corrected chi connectivity index (χ2v) is 5.95. The number of aliphatic carboxylic acids is 1. The summed E-state index contributed by atoms with van der Waals surface area (Å²) in [5, 5.41) is 15.1. The average Bonchev–Trinajstić information content (AvgIpc) is 3.24. The molecule has 1 amide bonds. The van der Waals surface area contributed by atoms with Crippen molar-refractivity contribution in [3.63, 3.8) is 0 Å². The molecule has 0 spiro atoms. The number of carboxylic acid groups (broad SMARTS) is 1. The lowest BCUT2D eigenvalue weighted by Crippen LogP contribution is -2.40. The number of nitrogens with one attached hydrogen (secondary N) is 1. The van der Waals surface area contributed by atoms with Gasteiger partial charge in [0.25, 0.3) is 5.91 Å². The molecule has 1 heterocycles. The second-order valence-electron chi connectivity index (χ2n) is 5.95. The standard InChI is InChI=1S/C16H14F3N3O4/c17-16(18,19)15-21-12(22-26-15)8-4-6-9(7-5-8)13(23)20-11-3-1-2-10(11)14(24)25/h4-7,10-11H,1-3H2,(H,20,23)(H,24,25)/t10-,11+/m1/s1. The van der Waals surface area contributed by atoms with E-state index in [1.54, 1.807) is 0 Å². The van der Waals surface area contributed by atoms with E-state index < -0.39 is 35.9 Å². The first-order chi connectivity index (χ1) is 12.3. The largest absolute Gasteiger partial charge is 0.481 e. The van der Waals surface area contributed by atoms with Gasteiger partial charge in [0.15, 0.2) is 0 Å². The lowest BCUT2D eigenvalue weighted by molar-refractivity contribution is -0.159. The maximum Gasteiger partial charge on any atom is 0.471 e. The van der Waals surface area contributed by atoms with Gasteiger partial charge in [-0.1, -0.05) is 23.7 Å². The zero-order chi connectivity index (χ0) is 18.9. The lowest BCUT2D eigenvalue weighted by Gasteiger charge is -2.17. The summed E-state index contributed by atoms with van der Waals surface area (Å²) in [5.41, 5.74) is 0.509. The van der Waals surface area contributed by atoms with Gasteiger partial charge in [-0.3, -0.25) is 9.59 Å². The fraction of sp³-hybridized carbons (Fsp3) is 0.375. The van der Waals surface area contributed by atoms with E-state index >= 15 is 0 Å². The Morgan fingerprint density at radius 2 is 1.88 bits per heavy atom. The number of amides is 1. The maximum atomic E-state index is 12.5. The fourth-order valence-corrected chi connectivity index (χ4v) is 2.91. The van der Waals surface area contributed by atoms with Crippen LogP contribution in [0.2, 0.25) is 0 Å². The first-order valence-corrected chi connectivity index (χ1v) is 7.80. The molecule has 0 aliphatic heterocycles. The van der Waals surface area contributed by atoms with Crippen LogP contribution >= 0.6 is 0 Å². The number of carbonyl (C=O) groups excluding carboxylic acids is 1. The molecular formula is C16H14F3N3O4. The third-order valence-electron chi connectivity index (χ3n) is 4.22. The van der Waals surface area contributed by atoms with E-state index in [0.29, 0.717) is 12.8 Å². The third kappa shape index (κ3) is 3.68. The Kier molecular flexibility index (Phi) is 4.66. The summed E-state index contributed by atoms with van der Waals surface area (Å²) in [6, 6.07) is 5.15. The molecule has 7 nitrogen and oxygen atoms in total. The Labute approximate surface area is 145 Å². The van der Waals surface area contributed by atoms with E-state index in [9.17, 15) is 22.8 Å². The Hall–Kier alpha value is -2.91. The second kappa shape index (κ2) is 6.77. The average molecular weight is 369 g/mol. The van der Waals surface area contributed by atoms with Crippen LogP contribution in [0.4, 0.5) is 13.2 Å². The molecule has 1 aromatic heterocycles. The van der Waals surface area contributed by atoms with Crippen molar-refractivity contribution in [1.29, 1.82) is 0 Å². The summed E-state index contributed by atoms with van der Waals surface area (Å²) in [4.78, 5) is 26.7. The smallest absolute Gasteiger partial charge is 0.471 e. The molecule has 2 aromatic rings. The number of nitrogens with zero attached hydrogens (tertiary/aromatic N) is 2. The van der Waals surface area contributed by atoms with Crippen LogP contribution in [0, 0.1) is 5.92 Å². The molecule has 2 atom stereocenters. The van der Waals surface area contributed by atoms with Gasteiger partial charge in [-0.25, -0.2) is 0 Å². The highest BCUT2D eigenvalue weighted by molar-refractivity contribution is 5.95. The van der Waals surface area contributed by atoms with E-state index in [2.05, 4.69) is 20.0 Å². The van der Waals surface area contributed by atoms with Gasteiger partial charge in [0.05, 0.1) is 5.92 Å². The van der Waals surface area contributed by atoms with E-state index in [1.807, 2.05) is 0 Å². The highest BCUT2D eigenvalue weighted by Crippen LogP contribution is 2.29. The van der Waals surface area contributed by atoms with E-state index in [-0.39, 0.29) is 17.0 Å².